The van der Waals surface area contributed by atoms with Crippen molar-refractivity contribution >= 4 is 5.91 Å². The van der Waals surface area contributed by atoms with E-state index in [-0.39, 0.29) is 12.0 Å². The van der Waals surface area contributed by atoms with Crippen LogP contribution in [0.25, 0.3) is 0 Å². The molecule has 0 N–H and O–H groups in total. The molecule has 0 atom stereocenters. The van der Waals surface area contributed by atoms with Crippen LogP contribution in [0.4, 0.5) is 0 Å². The molecule has 0 unspecified atom stereocenters. The first-order valence-corrected chi connectivity index (χ1v) is 9.33. The van der Waals surface area contributed by atoms with Crippen LogP contribution in [0.3, 0.4) is 0 Å². The number of carbonyl (C=O) groups is 1. The van der Waals surface area contributed by atoms with Crippen LogP contribution in [-0.2, 0) is 24.4 Å². The number of likely N-dealkylation sites (tertiary alicyclic amines) is 1. The van der Waals surface area contributed by atoms with E-state index in [0.29, 0.717) is 5.88 Å². The van der Waals surface area contributed by atoms with Gasteiger partial charge in [-0.1, -0.05) is 30.3 Å². The summed E-state index contributed by atoms with van der Waals surface area (Å²) in [4.78, 5) is 20.2. The van der Waals surface area contributed by atoms with Crippen LogP contribution in [0.2, 0.25) is 0 Å². The van der Waals surface area contributed by atoms with Crippen LogP contribution in [0, 0.1) is 0 Å². The van der Waals surface area contributed by atoms with Gasteiger partial charge in [0.05, 0.1) is 0 Å². The molecule has 2 aromatic rings. The Morgan fingerprint density at radius 1 is 1.12 bits per heavy atom. The second kappa shape index (κ2) is 7.46. The van der Waals surface area contributed by atoms with Gasteiger partial charge in [-0.2, -0.15) is 0 Å². The van der Waals surface area contributed by atoms with Gasteiger partial charge in [-0.15, -0.1) is 0 Å². The molecule has 5 heteroatoms. The van der Waals surface area contributed by atoms with Gasteiger partial charge in [-0.25, -0.2) is 4.98 Å². The summed E-state index contributed by atoms with van der Waals surface area (Å²) in [6.07, 6.45) is 3.81. The molecular weight excluding hydrogens is 326 g/mol. The lowest BCUT2D eigenvalue weighted by molar-refractivity contribution is -0.130. The topological polar surface area (TPSA) is 45.7 Å². The average Bonchev–Trinajstić information content (AvgIpc) is 3.06. The zero-order valence-corrected chi connectivity index (χ0v) is 15.2. The minimum atomic E-state index is 0.148. The Bertz CT molecular complexity index is 742. The highest BCUT2D eigenvalue weighted by atomic mass is 16.5. The van der Waals surface area contributed by atoms with Gasteiger partial charge in [0.15, 0.2) is 0 Å². The molecule has 0 aliphatic carbocycles. The SMILES string of the molecule is CC(=O)N1CCC(Oc2ccc(CN3Cc4ccccc4C3)cn2)CC1. The highest BCUT2D eigenvalue weighted by Crippen LogP contribution is 2.24. The van der Waals surface area contributed by atoms with E-state index in [1.54, 1.807) is 6.92 Å². The van der Waals surface area contributed by atoms with E-state index < -0.39 is 0 Å². The lowest BCUT2D eigenvalue weighted by Crippen LogP contribution is -2.40. The molecule has 0 bridgehead atoms. The number of benzene rings is 1. The molecule has 136 valence electrons. The fourth-order valence-corrected chi connectivity index (χ4v) is 3.81. The van der Waals surface area contributed by atoms with Crippen molar-refractivity contribution in [1.82, 2.24) is 14.8 Å². The van der Waals surface area contributed by atoms with E-state index in [1.165, 1.54) is 16.7 Å². The number of fused-ring (bicyclic) bond motifs is 1. The van der Waals surface area contributed by atoms with Crippen molar-refractivity contribution in [1.29, 1.82) is 0 Å². The summed E-state index contributed by atoms with van der Waals surface area (Å²) in [6.45, 7) is 6.08. The van der Waals surface area contributed by atoms with E-state index in [1.807, 2.05) is 17.2 Å². The van der Waals surface area contributed by atoms with E-state index in [4.69, 9.17) is 4.74 Å². The number of ether oxygens (including phenoxy) is 1. The number of rotatable bonds is 4. The molecule has 0 spiro atoms. The second-order valence-electron chi connectivity index (χ2n) is 7.24. The molecule has 5 nitrogen and oxygen atoms in total. The third kappa shape index (κ3) is 3.88. The molecule has 0 radical (unpaired) electrons. The zero-order chi connectivity index (χ0) is 17.9. The Kier molecular flexibility index (Phi) is 4.89. The molecule has 4 rings (SSSR count). The number of aromatic nitrogens is 1. The molecule has 1 fully saturated rings. The molecule has 1 saturated heterocycles. The number of amides is 1. The van der Waals surface area contributed by atoms with Gasteiger partial charge in [-0.3, -0.25) is 9.69 Å². The van der Waals surface area contributed by atoms with Crippen molar-refractivity contribution in [3.8, 4) is 5.88 Å². The first-order valence-electron chi connectivity index (χ1n) is 9.33. The standard InChI is InChI=1S/C21H25N3O2/c1-16(25)24-10-8-20(9-11-24)26-21-7-6-17(12-22-21)13-23-14-18-4-2-3-5-19(18)15-23/h2-7,12,20H,8-11,13-15H2,1H3. The molecule has 2 aliphatic heterocycles. The number of piperidine rings is 1. The predicted molar refractivity (Wildman–Crippen MR) is 99.5 cm³/mol. The van der Waals surface area contributed by atoms with E-state index in [9.17, 15) is 4.79 Å². The Labute approximate surface area is 154 Å². The fraction of sp³-hybridized carbons (Fsp3) is 0.429. The average molecular weight is 351 g/mol. The van der Waals surface area contributed by atoms with Crippen LogP contribution in [-0.4, -0.2) is 39.9 Å². The summed E-state index contributed by atoms with van der Waals surface area (Å²) in [5.74, 6) is 0.828. The van der Waals surface area contributed by atoms with Crippen molar-refractivity contribution in [2.24, 2.45) is 0 Å². The van der Waals surface area contributed by atoms with Crippen LogP contribution in [0.5, 0.6) is 5.88 Å². The highest BCUT2D eigenvalue weighted by molar-refractivity contribution is 5.73. The Morgan fingerprint density at radius 3 is 2.38 bits per heavy atom. The lowest BCUT2D eigenvalue weighted by Gasteiger charge is -2.31. The highest BCUT2D eigenvalue weighted by Gasteiger charge is 2.22. The van der Waals surface area contributed by atoms with Crippen LogP contribution < -0.4 is 4.74 Å². The van der Waals surface area contributed by atoms with E-state index in [2.05, 4.69) is 40.2 Å². The molecule has 2 aliphatic rings. The minimum absolute atomic E-state index is 0.148. The molecule has 1 amide bonds. The van der Waals surface area contributed by atoms with E-state index in [0.717, 1.165) is 45.6 Å². The van der Waals surface area contributed by atoms with Crippen molar-refractivity contribution < 1.29 is 9.53 Å². The number of pyridine rings is 1. The number of nitrogens with zero attached hydrogens (tertiary/aromatic N) is 3. The Hall–Kier alpha value is -2.40. The van der Waals surface area contributed by atoms with Crippen LogP contribution in [0.1, 0.15) is 36.5 Å². The van der Waals surface area contributed by atoms with Gasteiger partial charge in [-0.05, 0) is 16.7 Å². The summed E-state index contributed by atoms with van der Waals surface area (Å²) in [5.41, 5.74) is 4.06. The second-order valence-corrected chi connectivity index (χ2v) is 7.24. The molecular formula is C21H25N3O2. The Morgan fingerprint density at radius 2 is 1.81 bits per heavy atom. The van der Waals surface area contributed by atoms with Gasteiger partial charge < -0.3 is 9.64 Å². The monoisotopic (exact) mass is 351 g/mol. The summed E-state index contributed by atoms with van der Waals surface area (Å²) in [5, 5.41) is 0. The summed E-state index contributed by atoms with van der Waals surface area (Å²) < 4.78 is 6.00. The molecule has 1 aromatic carbocycles. The largest absolute Gasteiger partial charge is 0.474 e. The van der Waals surface area contributed by atoms with Crippen molar-refractivity contribution in [2.45, 2.75) is 45.5 Å². The Balaban J connectivity index is 1.29. The summed E-state index contributed by atoms with van der Waals surface area (Å²) in [7, 11) is 0. The maximum Gasteiger partial charge on any atom is 0.219 e. The van der Waals surface area contributed by atoms with Crippen molar-refractivity contribution in [3.05, 3.63) is 59.3 Å². The van der Waals surface area contributed by atoms with Crippen molar-refractivity contribution in [3.63, 3.8) is 0 Å². The van der Waals surface area contributed by atoms with Crippen molar-refractivity contribution in [2.75, 3.05) is 13.1 Å². The first-order chi connectivity index (χ1) is 12.7. The predicted octanol–water partition coefficient (Wildman–Crippen LogP) is 2.99. The normalized spacial score (nSPS) is 18.0. The van der Waals surface area contributed by atoms with Crippen LogP contribution >= 0.6 is 0 Å². The van der Waals surface area contributed by atoms with Gasteiger partial charge in [0.25, 0.3) is 0 Å². The zero-order valence-electron chi connectivity index (χ0n) is 15.2. The minimum Gasteiger partial charge on any atom is -0.474 e. The quantitative estimate of drug-likeness (QED) is 0.850. The fourth-order valence-electron chi connectivity index (χ4n) is 3.81. The van der Waals surface area contributed by atoms with Gasteiger partial charge in [0, 0.05) is 64.8 Å². The molecule has 3 heterocycles. The maximum atomic E-state index is 11.4. The van der Waals surface area contributed by atoms with E-state index >= 15 is 0 Å². The number of carbonyl (C=O) groups excluding carboxylic acids is 1. The number of hydrogen-bond acceptors (Lipinski definition) is 4. The summed E-state index contributed by atoms with van der Waals surface area (Å²) >= 11 is 0. The molecule has 26 heavy (non-hydrogen) atoms. The molecule has 0 saturated carbocycles. The third-order valence-corrected chi connectivity index (χ3v) is 5.28. The smallest absolute Gasteiger partial charge is 0.219 e. The number of hydrogen-bond donors (Lipinski definition) is 0. The van der Waals surface area contributed by atoms with Gasteiger partial charge in [0.1, 0.15) is 6.10 Å². The maximum absolute atomic E-state index is 11.4. The lowest BCUT2D eigenvalue weighted by atomic mass is 10.1. The van der Waals surface area contributed by atoms with Gasteiger partial charge >= 0.3 is 0 Å². The summed E-state index contributed by atoms with van der Waals surface area (Å²) in [6, 6.07) is 12.7. The third-order valence-electron chi connectivity index (χ3n) is 5.28. The van der Waals surface area contributed by atoms with Gasteiger partial charge in [0.2, 0.25) is 11.8 Å². The first kappa shape index (κ1) is 17.0. The molecule has 1 aromatic heterocycles. The van der Waals surface area contributed by atoms with Crippen LogP contribution in [0.15, 0.2) is 42.6 Å².